The van der Waals surface area contributed by atoms with E-state index in [1.54, 1.807) is 17.4 Å². The Kier molecular flexibility index (Phi) is 5.89. The molecule has 0 aliphatic carbocycles. The van der Waals surface area contributed by atoms with E-state index in [4.69, 9.17) is 0 Å². The van der Waals surface area contributed by atoms with Gasteiger partial charge in [0.2, 0.25) is 5.91 Å². The molecule has 5 nitrogen and oxygen atoms in total. The van der Waals surface area contributed by atoms with Gasteiger partial charge in [0.05, 0.1) is 4.88 Å². The number of nitrogens with one attached hydrogen (secondary N) is 1. The van der Waals surface area contributed by atoms with Crippen LogP contribution in [-0.2, 0) is 11.3 Å². The molecule has 2 heterocycles. The summed E-state index contributed by atoms with van der Waals surface area (Å²) in [5.74, 6) is 0.0248. The molecule has 0 saturated carbocycles. The highest BCUT2D eigenvalue weighted by Gasteiger charge is 2.07. The Morgan fingerprint density at radius 2 is 2.23 bits per heavy atom. The van der Waals surface area contributed by atoms with Crippen LogP contribution < -0.4 is 10.9 Å². The van der Waals surface area contributed by atoms with Crippen LogP contribution in [0.25, 0.3) is 10.6 Å². The summed E-state index contributed by atoms with van der Waals surface area (Å²) in [7, 11) is 0. The van der Waals surface area contributed by atoms with Crippen LogP contribution in [0, 0.1) is 0 Å². The molecule has 0 aliphatic heterocycles. The highest BCUT2D eigenvalue weighted by Crippen LogP contribution is 2.21. The minimum absolute atomic E-state index is 0.0248. The van der Waals surface area contributed by atoms with Gasteiger partial charge in [0.1, 0.15) is 5.69 Å². The molecule has 0 fully saturated rings. The number of hydrogen-bond donors (Lipinski definition) is 1. The molecule has 0 saturated heterocycles. The second-order valence-electron chi connectivity index (χ2n) is 5.24. The van der Waals surface area contributed by atoms with E-state index in [2.05, 4.69) is 10.4 Å². The van der Waals surface area contributed by atoms with Crippen LogP contribution in [0.3, 0.4) is 0 Å². The van der Waals surface area contributed by atoms with Crippen LogP contribution in [0.1, 0.15) is 33.1 Å². The standard InChI is InChI=1S/C16H21N3O2S/c1-3-12(2)17-15(20)7-4-10-19-16(21)9-8-13(18-19)14-6-5-11-22-14/h5-6,8-9,11-12H,3-4,7,10H2,1-2H3,(H,17,20)/t12-/m1/s1. The quantitative estimate of drug-likeness (QED) is 0.853. The smallest absolute Gasteiger partial charge is 0.266 e. The second kappa shape index (κ2) is 7.89. The first-order chi connectivity index (χ1) is 10.6. The third kappa shape index (κ3) is 4.53. The molecule has 1 amide bonds. The molecule has 0 bridgehead atoms. The maximum Gasteiger partial charge on any atom is 0.266 e. The van der Waals surface area contributed by atoms with Gasteiger partial charge in [-0.25, -0.2) is 4.68 Å². The number of rotatable bonds is 7. The molecule has 6 heteroatoms. The molecule has 0 aromatic carbocycles. The van der Waals surface area contributed by atoms with Crippen molar-refractivity contribution >= 4 is 17.2 Å². The number of carbonyl (C=O) groups excluding carboxylic acids is 1. The summed E-state index contributed by atoms with van der Waals surface area (Å²) in [6.07, 6.45) is 1.92. The van der Waals surface area contributed by atoms with Gasteiger partial charge in [-0.15, -0.1) is 11.3 Å². The molecule has 0 radical (unpaired) electrons. The fraction of sp³-hybridized carbons (Fsp3) is 0.438. The number of amides is 1. The Bertz CT molecular complexity index is 664. The molecular formula is C16H21N3O2S. The Balaban J connectivity index is 1.94. The number of aryl methyl sites for hydroxylation is 1. The lowest BCUT2D eigenvalue weighted by Gasteiger charge is -2.11. The predicted molar refractivity (Wildman–Crippen MR) is 88.9 cm³/mol. The Labute approximate surface area is 134 Å². The van der Waals surface area contributed by atoms with E-state index < -0.39 is 0 Å². The minimum Gasteiger partial charge on any atom is -0.354 e. The van der Waals surface area contributed by atoms with Crippen LogP contribution in [-0.4, -0.2) is 21.7 Å². The molecule has 2 rings (SSSR count). The SMILES string of the molecule is CC[C@@H](C)NC(=O)CCCn1nc(-c2cccs2)ccc1=O. The lowest BCUT2D eigenvalue weighted by molar-refractivity contribution is -0.121. The molecule has 0 aliphatic rings. The normalized spacial score (nSPS) is 12.1. The minimum atomic E-state index is -0.136. The summed E-state index contributed by atoms with van der Waals surface area (Å²) in [5, 5.41) is 9.27. The number of thiophene rings is 1. The van der Waals surface area contributed by atoms with Gasteiger partial charge in [-0.2, -0.15) is 5.10 Å². The van der Waals surface area contributed by atoms with Gasteiger partial charge < -0.3 is 5.32 Å². The highest BCUT2D eigenvalue weighted by molar-refractivity contribution is 7.13. The van der Waals surface area contributed by atoms with Gasteiger partial charge in [-0.05, 0) is 37.3 Å². The Hall–Kier alpha value is -1.95. The van der Waals surface area contributed by atoms with Gasteiger partial charge in [0.25, 0.3) is 5.56 Å². The van der Waals surface area contributed by atoms with E-state index in [-0.39, 0.29) is 17.5 Å². The fourth-order valence-electron chi connectivity index (χ4n) is 2.00. The van der Waals surface area contributed by atoms with Crippen molar-refractivity contribution in [2.24, 2.45) is 0 Å². The van der Waals surface area contributed by atoms with Gasteiger partial charge in [0.15, 0.2) is 0 Å². The van der Waals surface area contributed by atoms with Crippen molar-refractivity contribution in [3.8, 4) is 10.6 Å². The molecule has 1 N–H and O–H groups in total. The molecule has 2 aromatic rings. The third-order valence-electron chi connectivity index (χ3n) is 3.43. The Morgan fingerprint density at radius 1 is 1.41 bits per heavy atom. The zero-order valence-electron chi connectivity index (χ0n) is 12.9. The van der Waals surface area contributed by atoms with Gasteiger partial charge in [-0.3, -0.25) is 9.59 Å². The lowest BCUT2D eigenvalue weighted by atomic mass is 10.2. The van der Waals surface area contributed by atoms with Crippen molar-refractivity contribution in [3.63, 3.8) is 0 Å². The van der Waals surface area contributed by atoms with Crippen molar-refractivity contribution in [2.45, 2.75) is 45.7 Å². The second-order valence-corrected chi connectivity index (χ2v) is 6.19. The van der Waals surface area contributed by atoms with E-state index in [1.165, 1.54) is 10.7 Å². The van der Waals surface area contributed by atoms with Crippen molar-refractivity contribution < 1.29 is 4.79 Å². The first-order valence-electron chi connectivity index (χ1n) is 7.51. The van der Waals surface area contributed by atoms with Crippen LogP contribution in [0.2, 0.25) is 0 Å². The molecule has 118 valence electrons. The Morgan fingerprint density at radius 3 is 2.91 bits per heavy atom. The molecular weight excluding hydrogens is 298 g/mol. The van der Waals surface area contributed by atoms with Crippen molar-refractivity contribution in [1.29, 1.82) is 0 Å². The van der Waals surface area contributed by atoms with Gasteiger partial charge >= 0.3 is 0 Å². The van der Waals surface area contributed by atoms with Crippen molar-refractivity contribution in [1.82, 2.24) is 15.1 Å². The van der Waals surface area contributed by atoms with Crippen LogP contribution in [0.4, 0.5) is 0 Å². The van der Waals surface area contributed by atoms with Crippen molar-refractivity contribution in [2.75, 3.05) is 0 Å². The molecule has 0 spiro atoms. The zero-order chi connectivity index (χ0) is 15.9. The molecule has 1 atom stereocenters. The predicted octanol–water partition coefficient (Wildman–Crippen LogP) is 2.67. The monoisotopic (exact) mass is 319 g/mol. The summed E-state index contributed by atoms with van der Waals surface area (Å²) in [4.78, 5) is 24.6. The average Bonchev–Trinajstić information content (AvgIpc) is 3.03. The van der Waals surface area contributed by atoms with E-state index in [0.29, 0.717) is 19.4 Å². The van der Waals surface area contributed by atoms with Gasteiger partial charge in [0, 0.05) is 25.1 Å². The summed E-state index contributed by atoms with van der Waals surface area (Å²) in [6, 6.07) is 7.38. The fourth-order valence-corrected chi connectivity index (χ4v) is 2.69. The van der Waals surface area contributed by atoms with E-state index in [0.717, 1.165) is 17.0 Å². The molecule has 2 aromatic heterocycles. The summed E-state index contributed by atoms with van der Waals surface area (Å²) < 4.78 is 1.44. The van der Waals surface area contributed by atoms with E-state index in [1.807, 2.05) is 31.4 Å². The zero-order valence-corrected chi connectivity index (χ0v) is 13.7. The van der Waals surface area contributed by atoms with E-state index >= 15 is 0 Å². The summed E-state index contributed by atoms with van der Waals surface area (Å²) in [5.41, 5.74) is 0.654. The van der Waals surface area contributed by atoms with Crippen LogP contribution in [0.5, 0.6) is 0 Å². The number of hydrogen-bond acceptors (Lipinski definition) is 4. The average molecular weight is 319 g/mol. The maximum atomic E-state index is 11.8. The largest absolute Gasteiger partial charge is 0.354 e. The number of aromatic nitrogens is 2. The first-order valence-corrected chi connectivity index (χ1v) is 8.39. The number of carbonyl (C=O) groups is 1. The molecule has 0 unspecified atom stereocenters. The highest BCUT2D eigenvalue weighted by atomic mass is 32.1. The van der Waals surface area contributed by atoms with Gasteiger partial charge in [-0.1, -0.05) is 13.0 Å². The lowest BCUT2D eigenvalue weighted by Crippen LogP contribution is -2.32. The topological polar surface area (TPSA) is 64.0 Å². The van der Waals surface area contributed by atoms with Crippen LogP contribution in [0.15, 0.2) is 34.4 Å². The maximum absolute atomic E-state index is 11.8. The van der Waals surface area contributed by atoms with Crippen LogP contribution >= 0.6 is 11.3 Å². The summed E-state index contributed by atoms with van der Waals surface area (Å²) >= 11 is 1.59. The summed E-state index contributed by atoms with van der Waals surface area (Å²) in [6.45, 7) is 4.46. The van der Waals surface area contributed by atoms with E-state index in [9.17, 15) is 9.59 Å². The number of nitrogens with zero attached hydrogens (tertiary/aromatic N) is 2. The molecule has 22 heavy (non-hydrogen) atoms. The van der Waals surface area contributed by atoms with Crippen molar-refractivity contribution in [3.05, 3.63) is 40.0 Å². The first kappa shape index (κ1) is 16.4. The third-order valence-corrected chi connectivity index (χ3v) is 4.33.